The molecule has 0 N–H and O–H groups in total. The van der Waals surface area contributed by atoms with Crippen molar-refractivity contribution in [1.29, 1.82) is 0 Å². The second kappa shape index (κ2) is 7.41. The van der Waals surface area contributed by atoms with Gasteiger partial charge in [-0.05, 0) is 72.3 Å². The maximum atomic E-state index is 6.05. The largest absolute Gasteiger partial charge is 0.237 e. The molecule has 138 valence electrons. The quantitative estimate of drug-likeness (QED) is 0.387. The van der Waals surface area contributed by atoms with Gasteiger partial charge in [0.15, 0.2) is 11.3 Å². The molecule has 4 aromatic heterocycles. The zero-order valence-corrected chi connectivity index (χ0v) is 16.1. The predicted octanol–water partition coefficient (Wildman–Crippen LogP) is 5.82. The molecule has 0 saturated carbocycles. The summed E-state index contributed by atoms with van der Waals surface area (Å²) >= 11 is 6.05. The van der Waals surface area contributed by atoms with Crippen molar-refractivity contribution < 1.29 is 0 Å². The molecule has 0 spiro atoms. The molecular weight excluding hydrogens is 380 g/mol. The van der Waals surface area contributed by atoms with E-state index in [1.165, 1.54) is 0 Å². The van der Waals surface area contributed by atoms with Gasteiger partial charge in [0.25, 0.3) is 0 Å². The van der Waals surface area contributed by atoms with Crippen LogP contribution in [-0.2, 0) is 0 Å². The Balaban J connectivity index is 1.71. The van der Waals surface area contributed by atoms with Crippen molar-refractivity contribution >= 4 is 45.3 Å². The summed E-state index contributed by atoms with van der Waals surface area (Å²) in [7, 11) is 0. The van der Waals surface area contributed by atoms with Crippen LogP contribution >= 0.6 is 11.6 Å². The van der Waals surface area contributed by atoms with Gasteiger partial charge in [-0.2, -0.15) is 0 Å². The number of rotatable bonds is 3. The van der Waals surface area contributed by atoms with Crippen LogP contribution in [0.2, 0.25) is 5.02 Å². The summed E-state index contributed by atoms with van der Waals surface area (Å²) in [6.45, 7) is 0. The number of hydrogen-bond donors (Lipinski definition) is 0. The lowest BCUT2D eigenvalue weighted by atomic mass is 10.0. The number of fused-ring (bicyclic) bond motifs is 2. The lowest BCUT2D eigenvalue weighted by molar-refractivity contribution is 1.22. The van der Waals surface area contributed by atoms with E-state index in [4.69, 9.17) is 21.6 Å². The highest BCUT2D eigenvalue weighted by atomic mass is 35.5. The highest BCUT2D eigenvalue weighted by molar-refractivity contribution is 6.30. The standard InChI is InChI=1S/C24H15ClN4/c25-19-9-5-16(6-10-19)15-20(21-11-7-17-3-1-13-26-23(17)28-21)22-12-8-18-4-2-14-27-24(18)29-22/h1-15H. The Morgan fingerprint density at radius 2 is 1.21 bits per heavy atom. The topological polar surface area (TPSA) is 51.6 Å². The third-order valence-corrected chi connectivity index (χ3v) is 4.91. The van der Waals surface area contributed by atoms with Gasteiger partial charge in [0.1, 0.15) is 0 Å². The maximum Gasteiger partial charge on any atom is 0.159 e. The van der Waals surface area contributed by atoms with Crippen molar-refractivity contribution in [1.82, 2.24) is 19.9 Å². The van der Waals surface area contributed by atoms with Gasteiger partial charge >= 0.3 is 0 Å². The fraction of sp³-hybridized carbons (Fsp3) is 0. The fourth-order valence-electron chi connectivity index (χ4n) is 3.21. The molecular formula is C24H15ClN4. The molecule has 0 amide bonds. The Morgan fingerprint density at radius 1 is 0.655 bits per heavy atom. The molecule has 0 aliphatic rings. The SMILES string of the molecule is Clc1ccc(C=C(c2ccc3cccnc3n2)c2ccc3cccnc3n2)cc1. The van der Waals surface area contributed by atoms with Gasteiger partial charge in [0, 0.05) is 33.8 Å². The molecule has 0 aliphatic carbocycles. The predicted molar refractivity (Wildman–Crippen MR) is 118 cm³/mol. The molecule has 0 saturated heterocycles. The van der Waals surface area contributed by atoms with E-state index in [9.17, 15) is 0 Å². The molecule has 4 heterocycles. The first-order valence-electron chi connectivity index (χ1n) is 9.18. The van der Waals surface area contributed by atoms with Crippen molar-refractivity contribution in [2.75, 3.05) is 0 Å². The summed E-state index contributed by atoms with van der Waals surface area (Å²) in [6.07, 6.45) is 5.56. The van der Waals surface area contributed by atoms with E-state index < -0.39 is 0 Å². The summed E-state index contributed by atoms with van der Waals surface area (Å²) in [5, 5.41) is 2.69. The smallest absolute Gasteiger partial charge is 0.159 e. The van der Waals surface area contributed by atoms with Crippen molar-refractivity contribution in [2.45, 2.75) is 0 Å². The third kappa shape index (κ3) is 3.58. The van der Waals surface area contributed by atoms with Gasteiger partial charge in [-0.1, -0.05) is 23.7 Å². The summed E-state index contributed by atoms with van der Waals surface area (Å²) in [5.74, 6) is 0. The average molecular weight is 395 g/mol. The van der Waals surface area contributed by atoms with Gasteiger partial charge in [-0.3, -0.25) is 0 Å². The van der Waals surface area contributed by atoms with Gasteiger partial charge in [0.2, 0.25) is 0 Å². The van der Waals surface area contributed by atoms with E-state index in [1.807, 2.05) is 72.8 Å². The molecule has 5 aromatic rings. The normalized spacial score (nSPS) is 10.9. The van der Waals surface area contributed by atoms with E-state index in [0.29, 0.717) is 16.3 Å². The summed E-state index contributed by atoms with van der Waals surface area (Å²) in [6, 6.07) is 23.5. The van der Waals surface area contributed by atoms with Crippen LogP contribution < -0.4 is 0 Å². The summed E-state index contributed by atoms with van der Waals surface area (Å²) < 4.78 is 0. The van der Waals surface area contributed by atoms with Crippen molar-refractivity contribution in [2.24, 2.45) is 0 Å². The second-order valence-electron chi connectivity index (χ2n) is 6.60. The Bertz CT molecular complexity index is 1280. The Labute approximate surface area is 172 Å². The van der Waals surface area contributed by atoms with Crippen LogP contribution in [0, 0.1) is 0 Å². The van der Waals surface area contributed by atoms with Crippen molar-refractivity contribution in [3.8, 4) is 0 Å². The van der Waals surface area contributed by atoms with E-state index in [1.54, 1.807) is 12.4 Å². The number of benzene rings is 1. The third-order valence-electron chi connectivity index (χ3n) is 4.66. The van der Waals surface area contributed by atoms with Crippen LogP contribution in [0.3, 0.4) is 0 Å². The van der Waals surface area contributed by atoms with E-state index >= 15 is 0 Å². The number of aromatic nitrogens is 4. The van der Waals surface area contributed by atoms with Crippen molar-refractivity contribution in [3.05, 3.63) is 107 Å². The lowest BCUT2D eigenvalue weighted by Gasteiger charge is -2.09. The van der Waals surface area contributed by atoms with Gasteiger partial charge in [0.05, 0.1) is 11.4 Å². The first-order valence-corrected chi connectivity index (χ1v) is 9.56. The van der Waals surface area contributed by atoms with Gasteiger partial charge in [-0.15, -0.1) is 0 Å². The lowest BCUT2D eigenvalue weighted by Crippen LogP contribution is -1.97. The van der Waals surface area contributed by atoms with Crippen LogP contribution in [0.4, 0.5) is 0 Å². The van der Waals surface area contributed by atoms with Crippen LogP contribution in [0.15, 0.2) is 85.2 Å². The molecule has 0 bridgehead atoms. The fourth-order valence-corrected chi connectivity index (χ4v) is 3.34. The number of halogens is 1. The van der Waals surface area contributed by atoms with Crippen LogP contribution in [0.25, 0.3) is 33.7 Å². The molecule has 5 rings (SSSR count). The van der Waals surface area contributed by atoms with Crippen molar-refractivity contribution in [3.63, 3.8) is 0 Å². The molecule has 5 heteroatoms. The first kappa shape index (κ1) is 17.5. The van der Waals surface area contributed by atoms with E-state index in [2.05, 4.69) is 16.0 Å². The second-order valence-corrected chi connectivity index (χ2v) is 7.04. The van der Waals surface area contributed by atoms with E-state index in [0.717, 1.165) is 33.3 Å². The van der Waals surface area contributed by atoms with Crippen LogP contribution in [0.1, 0.15) is 17.0 Å². The minimum absolute atomic E-state index is 0.699. The number of hydrogen-bond acceptors (Lipinski definition) is 4. The van der Waals surface area contributed by atoms with Crippen LogP contribution in [0.5, 0.6) is 0 Å². The molecule has 0 fully saturated rings. The molecule has 1 aromatic carbocycles. The zero-order valence-electron chi connectivity index (χ0n) is 15.3. The highest BCUT2D eigenvalue weighted by Gasteiger charge is 2.11. The molecule has 0 atom stereocenters. The van der Waals surface area contributed by atoms with Gasteiger partial charge < -0.3 is 0 Å². The van der Waals surface area contributed by atoms with Gasteiger partial charge in [-0.25, -0.2) is 19.9 Å². The Hall–Kier alpha value is -3.63. The first-order chi connectivity index (χ1) is 14.3. The Morgan fingerprint density at radius 3 is 1.76 bits per heavy atom. The number of pyridine rings is 4. The molecule has 29 heavy (non-hydrogen) atoms. The summed E-state index contributed by atoms with van der Waals surface area (Å²) in [5.41, 5.74) is 4.90. The zero-order chi connectivity index (χ0) is 19.6. The molecule has 4 nitrogen and oxygen atoms in total. The monoisotopic (exact) mass is 394 g/mol. The maximum absolute atomic E-state index is 6.05. The molecule has 0 unspecified atom stereocenters. The summed E-state index contributed by atoms with van der Waals surface area (Å²) in [4.78, 5) is 18.4. The molecule has 0 radical (unpaired) electrons. The molecule has 0 aliphatic heterocycles. The van der Waals surface area contributed by atoms with E-state index in [-0.39, 0.29) is 0 Å². The minimum Gasteiger partial charge on any atom is -0.237 e. The Kier molecular flexibility index (Phi) is 4.47. The van der Waals surface area contributed by atoms with Crippen LogP contribution in [-0.4, -0.2) is 19.9 Å². The number of nitrogens with zero attached hydrogens (tertiary/aromatic N) is 4. The minimum atomic E-state index is 0.699. The average Bonchev–Trinajstić information content (AvgIpc) is 2.78. The highest BCUT2D eigenvalue weighted by Crippen LogP contribution is 2.26.